The van der Waals surface area contributed by atoms with Crippen LogP contribution in [0.2, 0.25) is 0 Å². The Hall–Kier alpha value is -2.37. The van der Waals surface area contributed by atoms with Crippen molar-refractivity contribution in [1.82, 2.24) is 14.5 Å². The van der Waals surface area contributed by atoms with Gasteiger partial charge in [0.05, 0.1) is 23.8 Å². The van der Waals surface area contributed by atoms with Crippen LogP contribution in [0.3, 0.4) is 0 Å². The quantitative estimate of drug-likeness (QED) is 0.912. The third kappa shape index (κ3) is 2.81. The summed E-state index contributed by atoms with van der Waals surface area (Å²) in [6.07, 6.45) is 3.47. The van der Waals surface area contributed by atoms with Crippen molar-refractivity contribution >= 4 is 22.8 Å². The molecule has 0 aliphatic carbocycles. The van der Waals surface area contributed by atoms with Gasteiger partial charge in [-0.25, -0.2) is 4.98 Å². The molecule has 2 heterocycles. The molecule has 116 valence electrons. The van der Waals surface area contributed by atoms with Crippen LogP contribution in [-0.4, -0.2) is 39.4 Å². The zero-order chi connectivity index (χ0) is 15.7. The van der Waals surface area contributed by atoms with E-state index < -0.39 is 0 Å². The third-order valence-electron chi connectivity index (χ3n) is 4.40. The van der Waals surface area contributed by atoms with E-state index >= 15 is 0 Å². The van der Waals surface area contributed by atoms with E-state index in [1.54, 1.807) is 6.33 Å². The molecule has 1 aliphatic rings. The Morgan fingerprint density at radius 1 is 1.32 bits per heavy atom. The van der Waals surface area contributed by atoms with Crippen LogP contribution < -0.4 is 5.73 Å². The van der Waals surface area contributed by atoms with Crippen LogP contribution >= 0.6 is 0 Å². The molecule has 6 nitrogen and oxygen atoms in total. The molecule has 1 saturated heterocycles. The first-order chi connectivity index (χ1) is 10.5. The second kappa shape index (κ2) is 5.79. The van der Waals surface area contributed by atoms with E-state index in [1.807, 2.05) is 34.7 Å². The van der Waals surface area contributed by atoms with Crippen LogP contribution in [0.1, 0.15) is 18.4 Å². The fourth-order valence-electron chi connectivity index (χ4n) is 2.99. The number of nitrogens with zero attached hydrogens (tertiary/aromatic N) is 3. The molecule has 0 spiro atoms. The molecule has 0 atom stereocenters. The van der Waals surface area contributed by atoms with E-state index in [-0.39, 0.29) is 17.7 Å². The Labute approximate surface area is 128 Å². The maximum atomic E-state index is 12.4. The van der Waals surface area contributed by atoms with Gasteiger partial charge in [0.2, 0.25) is 11.8 Å². The second-order valence-corrected chi connectivity index (χ2v) is 5.91. The predicted molar refractivity (Wildman–Crippen MR) is 82.9 cm³/mol. The van der Waals surface area contributed by atoms with E-state index in [0.717, 1.165) is 16.6 Å². The number of imidazole rings is 1. The minimum Gasteiger partial charge on any atom is -0.369 e. The standard InChI is InChI=1S/C16H20N4O2/c1-19-10-18-13-8-11(2-3-14(13)19)9-15(21)20-6-4-12(5-7-20)16(17)22/h2-3,8,10,12H,4-7,9H2,1H3,(H2,17,22). The van der Waals surface area contributed by atoms with Gasteiger partial charge in [0.1, 0.15) is 0 Å². The topological polar surface area (TPSA) is 81.2 Å². The van der Waals surface area contributed by atoms with Gasteiger partial charge in [0, 0.05) is 26.1 Å². The van der Waals surface area contributed by atoms with E-state index in [1.165, 1.54) is 0 Å². The highest BCUT2D eigenvalue weighted by Crippen LogP contribution is 2.19. The van der Waals surface area contributed by atoms with Crippen molar-refractivity contribution in [2.75, 3.05) is 13.1 Å². The lowest BCUT2D eigenvalue weighted by atomic mass is 9.96. The van der Waals surface area contributed by atoms with Crippen molar-refractivity contribution < 1.29 is 9.59 Å². The molecular weight excluding hydrogens is 280 g/mol. The van der Waals surface area contributed by atoms with Crippen LogP contribution in [0, 0.1) is 5.92 Å². The van der Waals surface area contributed by atoms with Gasteiger partial charge in [-0.15, -0.1) is 0 Å². The molecular formula is C16H20N4O2. The molecule has 0 bridgehead atoms. The molecule has 1 aliphatic heterocycles. The average Bonchev–Trinajstić information content (AvgIpc) is 2.88. The molecule has 1 fully saturated rings. The number of rotatable bonds is 3. The minimum absolute atomic E-state index is 0.0890. The largest absolute Gasteiger partial charge is 0.369 e. The van der Waals surface area contributed by atoms with Gasteiger partial charge in [-0.1, -0.05) is 6.07 Å². The maximum absolute atomic E-state index is 12.4. The second-order valence-electron chi connectivity index (χ2n) is 5.91. The summed E-state index contributed by atoms with van der Waals surface area (Å²) in [5.74, 6) is -0.250. The van der Waals surface area contributed by atoms with Crippen LogP contribution in [0.5, 0.6) is 0 Å². The van der Waals surface area contributed by atoms with Crippen LogP contribution in [-0.2, 0) is 23.1 Å². The number of aryl methyl sites for hydroxylation is 1. The molecule has 2 N–H and O–H groups in total. The molecule has 1 aromatic heterocycles. The SMILES string of the molecule is Cn1cnc2cc(CC(=O)N3CCC(C(N)=O)CC3)ccc21. The smallest absolute Gasteiger partial charge is 0.226 e. The van der Waals surface area contributed by atoms with Crippen molar-refractivity contribution in [2.45, 2.75) is 19.3 Å². The summed E-state index contributed by atoms with van der Waals surface area (Å²) in [6, 6.07) is 5.92. The number of fused-ring (bicyclic) bond motifs is 1. The van der Waals surface area contributed by atoms with Crippen molar-refractivity contribution in [2.24, 2.45) is 18.7 Å². The Bertz CT molecular complexity index is 714. The fraction of sp³-hybridized carbons (Fsp3) is 0.438. The summed E-state index contributed by atoms with van der Waals surface area (Å²) in [6.45, 7) is 1.22. The molecule has 0 radical (unpaired) electrons. The van der Waals surface area contributed by atoms with Crippen LogP contribution in [0.4, 0.5) is 0 Å². The number of amides is 2. The van der Waals surface area contributed by atoms with Crippen molar-refractivity contribution in [3.63, 3.8) is 0 Å². The number of piperidine rings is 1. The Morgan fingerprint density at radius 3 is 2.73 bits per heavy atom. The lowest BCUT2D eigenvalue weighted by Crippen LogP contribution is -2.42. The van der Waals surface area contributed by atoms with Gasteiger partial charge in [0.15, 0.2) is 0 Å². The Balaban J connectivity index is 1.64. The Kier molecular flexibility index (Phi) is 3.83. The third-order valence-corrected chi connectivity index (χ3v) is 4.40. The first kappa shape index (κ1) is 14.6. The number of carbonyl (C=O) groups is 2. The fourth-order valence-corrected chi connectivity index (χ4v) is 2.99. The lowest BCUT2D eigenvalue weighted by molar-refractivity contribution is -0.134. The zero-order valence-corrected chi connectivity index (χ0v) is 12.7. The minimum atomic E-state index is -0.257. The number of hydrogen-bond donors (Lipinski definition) is 1. The zero-order valence-electron chi connectivity index (χ0n) is 12.7. The van der Waals surface area contributed by atoms with Gasteiger partial charge in [-0.3, -0.25) is 9.59 Å². The number of likely N-dealkylation sites (tertiary alicyclic amines) is 1. The lowest BCUT2D eigenvalue weighted by Gasteiger charge is -2.30. The molecule has 22 heavy (non-hydrogen) atoms. The highest BCUT2D eigenvalue weighted by atomic mass is 16.2. The maximum Gasteiger partial charge on any atom is 0.226 e. The number of benzene rings is 1. The van der Waals surface area contributed by atoms with Crippen LogP contribution in [0.25, 0.3) is 11.0 Å². The highest BCUT2D eigenvalue weighted by Gasteiger charge is 2.25. The molecule has 0 unspecified atom stereocenters. The van der Waals surface area contributed by atoms with E-state index in [4.69, 9.17) is 5.73 Å². The van der Waals surface area contributed by atoms with E-state index in [2.05, 4.69) is 4.98 Å². The van der Waals surface area contributed by atoms with E-state index in [9.17, 15) is 9.59 Å². The monoisotopic (exact) mass is 300 g/mol. The molecule has 0 saturated carbocycles. The highest BCUT2D eigenvalue weighted by molar-refractivity contribution is 5.82. The predicted octanol–water partition coefficient (Wildman–Crippen LogP) is 0.840. The van der Waals surface area contributed by atoms with Gasteiger partial charge in [-0.2, -0.15) is 0 Å². The van der Waals surface area contributed by atoms with Crippen molar-refractivity contribution in [3.8, 4) is 0 Å². The molecule has 2 aromatic rings. The summed E-state index contributed by atoms with van der Waals surface area (Å²) >= 11 is 0. The summed E-state index contributed by atoms with van der Waals surface area (Å²) < 4.78 is 1.95. The number of primary amides is 1. The summed E-state index contributed by atoms with van der Waals surface area (Å²) in [5, 5.41) is 0. The summed E-state index contributed by atoms with van der Waals surface area (Å²) in [4.78, 5) is 29.7. The first-order valence-corrected chi connectivity index (χ1v) is 7.51. The van der Waals surface area contributed by atoms with E-state index in [0.29, 0.717) is 32.4 Å². The molecule has 3 rings (SSSR count). The summed E-state index contributed by atoms with van der Waals surface area (Å²) in [5.41, 5.74) is 8.24. The molecule has 2 amide bonds. The van der Waals surface area contributed by atoms with Gasteiger partial charge in [-0.05, 0) is 30.5 Å². The van der Waals surface area contributed by atoms with Gasteiger partial charge < -0.3 is 15.2 Å². The van der Waals surface area contributed by atoms with Crippen LogP contribution in [0.15, 0.2) is 24.5 Å². The average molecular weight is 300 g/mol. The number of hydrogen-bond acceptors (Lipinski definition) is 3. The number of nitrogens with two attached hydrogens (primary N) is 1. The van der Waals surface area contributed by atoms with Gasteiger partial charge >= 0.3 is 0 Å². The van der Waals surface area contributed by atoms with Crippen molar-refractivity contribution in [3.05, 3.63) is 30.1 Å². The number of aromatic nitrogens is 2. The summed E-state index contributed by atoms with van der Waals surface area (Å²) in [7, 11) is 1.95. The Morgan fingerprint density at radius 2 is 2.05 bits per heavy atom. The van der Waals surface area contributed by atoms with Gasteiger partial charge in [0.25, 0.3) is 0 Å². The number of carbonyl (C=O) groups excluding carboxylic acids is 2. The molecule has 1 aromatic carbocycles. The first-order valence-electron chi connectivity index (χ1n) is 7.51. The normalized spacial score (nSPS) is 16.1. The van der Waals surface area contributed by atoms with Crippen molar-refractivity contribution in [1.29, 1.82) is 0 Å². The molecule has 6 heteroatoms.